The second kappa shape index (κ2) is 13.4. The molecule has 1 N–H and O–H groups in total. The molecule has 1 spiro atoms. The van der Waals surface area contributed by atoms with Gasteiger partial charge in [0.25, 0.3) is 5.97 Å². The number of fused-ring (bicyclic) bond motifs is 2. The van der Waals surface area contributed by atoms with Gasteiger partial charge in [0.1, 0.15) is 29.5 Å². The van der Waals surface area contributed by atoms with Crippen LogP contribution in [-0.4, -0.2) is 127 Å². The number of furan rings is 1. The van der Waals surface area contributed by atoms with Crippen LogP contribution in [0.3, 0.4) is 0 Å². The van der Waals surface area contributed by atoms with Crippen molar-refractivity contribution in [3.05, 3.63) is 24.2 Å². The van der Waals surface area contributed by atoms with Gasteiger partial charge >= 0.3 is 29.8 Å². The van der Waals surface area contributed by atoms with E-state index in [0.717, 1.165) is 0 Å². The molecule has 4 aliphatic carbocycles. The zero-order valence-corrected chi connectivity index (χ0v) is 36.5. The monoisotopic (exact) mass is 864 g/mol. The van der Waals surface area contributed by atoms with Crippen LogP contribution >= 0.6 is 0 Å². The molecule has 0 radical (unpaired) electrons. The zero-order chi connectivity index (χ0) is 44.8. The molecule has 3 aliphatic heterocycles. The van der Waals surface area contributed by atoms with E-state index in [1.165, 1.54) is 54.6 Å². The Kier molecular flexibility index (Phi) is 9.66. The molecule has 61 heavy (non-hydrogen) atoms. The van der Waals surface area contributed by atoms with E-state index in [9.17, 15) is 29.1 Å². The maximum atomic E-state index is 14.5. The maximum Gasteiger partial charge on any atom is 0.341 e. The third kappa shape index (κ3) is 4.78. The molecule has 0 aromatic carbocycles. The van der Waals surface area contributed by atoms with E-state index in [2.05, 4.69) is 0 Å². The first-order chi connectivity index (χ1) is 28.5. The third-order valence-electron chi connectivity index (χ3n) is 15.9. The molecular formula is C42H56O19. The minimum atomic E-state index is -2.34. The van der Waals surface area contributed by atoms with E-state index in [-0.39, 0.29) is 19.4 Å². The second-order valence-corrected chi connectivity index (χ2v) is 18.6. The number of methoxy groups -OCH3 is 2. The highest BCUT2D eigenvalue weighted by Gasteiger charge is 3.07. The van der Waals surface area contributed by atoms with Crippen molar-refractivity contribution in [1.82, 2.24) is 0 Å². The predicted molar refractivity (Wildman–Crippen MR) is 199 cm³/mol. The Morgan fingerprint density at radius 1 is 0.918 bits per heavy atom. The molecule has 7 aliphatic rings. The van der Waals surface area contributed by atoms with Crippen LogP contribution in [0.1, 0.15) is 99.7 Å². The van der Waals surface area contributed by atoms with E-state index in [4.69, 9.17) is 61.6 Å². The Morgan fingerprint density at radius 3 is 2.11 bits per heavy atom. The minimum absolute atomic E-state index is 0.138. The number of aliphatic hydroxyl groups excluding tert-OH is 1. The summed E-state index contributed by atoms with van der Waals surface area (Å²) in [5.74, 6) is -7.10. The van der Waals surface area contributed by atoms with Gasteiger partial charge in [0, 0.05) is 62.0 Å². The van der Waals surface area contributed by atoms with Gasteiger partial charge in [-0.05, 0) is 39.2 Å². The van der Waals surface area contributed by atoms with Gasteiger partial charge in [0.15, 0.2) is 16.8 Å². The minimum Gasteiger partial charge on any atom is -0.472 e. The van der Waals surface area contributed by atoms with Crippen LogP contribution < -0.4 is 0 Å². The lowest BCUT2D eigenvalue weighted by Gasteiger charge is -2.79. The highest BCUT2D eigenvalue weighted by Crippen LogP contribution is 2.90. The van der Waals surface area contributed by atoms with Crippen LogP contribution in [0, 0.1) is 22.2 Å². The Labute approximate surface area is 352 Å². The molecular weight excluding hydrogens is 808 g/mol. The van der Waals surface area contributed by atoms with Gasteiger partial charge in [0.05, 0.1) is 52.5 Å². The predicted octanol–water partition coefficient (Wildman–Crippen LogP) is 2.92. The van der Waals surface area contributed by atoms with Crippen LogP contribution in [0.25, 0.3) is 0 Å². The summed E-state index contributed by atoms with van der Waals surface area (Å²) in [5, 5.41) is 13.5. The molecule has 7 fully saturated rings. The summed E-state index contributed by atoms with van der Waals surface area (Å²) >= 11 is 0. The van der Waals surface area contributed by atoms with Crippen LogP contribution in [-0.2, 0) is 81.1 Å². The standard InChI is InChI=1S/C42H56O19/c1-13-53-31-40(61-51-12)30(55-32(48)35(7)21(2)56-35)33(5)20-39(40,57-23(4)44)36(8,25(33)16-27(46)49-10)41-26(45)17-34(6,29(54-22(3)43)24-14-15-52-19-24)38(18-28(47)50-11)42(31,41)60-37(9,58-38)59-41/h14-15,19,21,25-26,29-31,45H,13,16-18,20H2,1-12H3/t21-,25+,26?,29-,30?,31?,33+,34-,35+,36-,37?,38+,39?,40?,41+,42+/m1/s1. The van der Waals surface area contributed by atoms with E-state index in [1.54, 1.807) is 47.6 Å². The number of carbonyl (C=O) groups is 5. The SMILES string of the molecule is CCOC1C2(OOC)C(OC(=O)[C@@]3(C)O[C@@H]3C)[C@@]3(C)CC2(OC(C)=O)[C@@](C)([C@H]3CC(=O)OC)[C@]23OC4(C)O[C@](CC(=O)OC)([C@@]12O4)[C@@](C)([C@H](OC(C)=O)c1ccoc1)CC3O. The fraction of sp³-hybridized carbons (Fsp3) is 0.786. The molecule has 338 valence electrons. The van der Waals surface area contributed by atoms with E-state index < -0.39 is 135 Å². The van der Waals surface area contributed by atoms with Crippen molar-refractivity contribution in [3.63, 3.8) is 0 Å². The van der Waals surface area contributed by atoms with Crippen LogP contribution in [0.5, 0.6) is 0 Å². The molecule has 4 heterocycles. The van der Waals surface area contributed by atoms with Gasteiger partial charge < -0.3 is 56.9 Å². The number of hydrogen-bond acceptors (Lipinski definition) is 19. The van der Waals surface area contributed by atoms with E-state index in [0.29, 0.717) is 5.56 Å². The van der Waals surface area contributed by atoms with Crippen LogP contribution in [0.4, 0.5) is 0 Å². The molecule has 4 saturated carbocycles. The van der Waals surface area contributed by atoms with Gasteiger partial charge in [-0.2, -0.15) is 0 Å². The van der Waals surface area contributed by atoms with Gasteiger partial charge in [-0.15, -0.1) is 0 Å². The van der Waals surface area contributed by atoms with Gasteiger partial charge in [-0.3, -0.25) is 19.2 Å². The molecule has 6 unspecified atom stereocenters. The quantitative estimate of drug-likeness (QED) is 0.0931. The van der Waals surface area contributed by atoms with Gasteiger partial charge in [-0.1, -0.05) is 20.8 Å². The lowest BCUT2D eigenvalue weighted by molar-refractivity contribution is -0.512. The smallest absolute Gasteiger partial charge is 0.341 e. The van der Waals surface area contributed by atoms with Crippen molar-refractivity contribution in [2.75, 3.05) is 27.9 Å². The summed E-state index contributed by atoms with van der Waals surface area (Å²) in [6, 6.07) is 1.57. The molecule has 3 saturated heterocycles. The van der Waals surface area contributed by atoms with Crippen molar-refractivity contribution < 1.29 is 90.6 Å². The topological polar surface area (TPSA) is 233 Å². The molecule has 0 amide bonds. The van der Waals surface area contributed by atoms with Gasteiger partial charge in [-0.25, -0.2) is 14.6 Å². The van der Waals surface area contributed by atoms with Crippen LogP contribution in [0.2, 0.25) is 0 Å². The molecule has 8 rings (SSSR count). The number of hydrogen-bond donors (Lipinski definition) is 1. The summed E-state index contributed by atoms with van der Waals surface area (Å²) in [5.41, 5.74) is -17.2. The Hall–Kier alpha value is -3.69. The largest absolute Gasteiger partial charge is 0.472 e. The summed E-state index contributed by atoms with van der Waals surface area (Å²) in [4.78, 5) is 82.0. The van der Waals surface area contributed by atoms with Crippen LogP contribution in [0.15, 0.2) is 23.0 Å². The molecule has 19 heteroatoms. The lowest BCUT2D eigenvalue weighted by atomic mass is 9.32. The van der Waals surface area contributed by atoms with E-state index in [1.807, 2.05) is 0 Å². The van der Waals surface area contributed by atoms with Crippen molar-refractivity contribution in [1.29, 1.82) is 0 Å². The Bertz CT molecular complexity index is 2020. The maximum absolute atomic E-state index is 14.5. The molecule has 19 nitrogen and oxygen atoms in total. The normalized spacial score (nSPS) is 48.5. The molecule has 1 aromatic rings. The van der Waals surface area contributed by atoms with E-state index >= 15 is 0 Å². The molecule has 1 aromatic heterocycles. The number of ether oxygens (including phenoxy) is 10. The highest BCUT2D eigenvalue weighted by atomic mass is 17.2. The number of rotatable bonds is 14. The first kappa shape index (κ1) is 43.9. The van der Waals surface area contributed by atoms with Gasteiger partial charge in [0.2, 0.25) is 5.60 Å². The average molecular weight is 865 g/mol. The number of carbonyl (C=O) groups excluding carboxylic acids is 5. The highest BCUT2D eigenvalue weighted by molar-refractivity contribution is 5.83. The fourth-order valence-electron chi connectivity index (χ4n) is 13.9. The lowest BCUT2D eigenvalue weighted by Crippen LogP contribution is -2.99. The number of epoxide rings is 1. The average Bonchev–Trinajstić information content (AvgIpc) is 3.65. The number of esters is 5. The molecule has 4 bridgehead atoms. The third-order valence-corrected chi connectivity index (χ3v) is 15.9. The summed E-state index contributed by atoms with van der Waals surface area (Å²) in [6.45, 7) is 13.8. The van der Waals surface area contributed by atoms with Crippen molar-refractivity contribution in [2.45, 2.75) is 158 Å². The van der Waals surface area contributed by atoms with Crippen molar-refractivity contribution in [2.24, 2.45) is 22.2 Å². The Morgan fingerprint density at radius 2 is 1.57 bits per heavy atom. The second-order valence-electron chi connectivity index (χ2n) is 18.6. The summed E-state index contributed by atoms with van der Waals surface area (Å²) < 4.78 is 69.9. The zero-order valence-electron chi connectivity index (χ0n) is 36.5. The fourth-order valence-corrected chi connectivity index (χ4v) is 13.9. The molecule has 16 atom stereocenters. The van der Waals surface area contributed by atoms with Crippen molar-refractivity contribution >= 4 is 29.8 Å². The summed E-state index contributed by atoms with van der Waals surface area (Å²) in [6.07, 6.45) is -5.70. The first-order valence-electron chi connectivity index (χ1n) is 20.5. The van der Waals surface area contributed by atoms with Crippen molar-refractivity contribution in [3.8, 4) is 0 Å². The first-order valence-corrected chi connectivity index (χ1v) is 20.5. The Balaban J connectivity index is 1.55. The summed E-state index contributed by atoms with van der Waals surface area (Å²) in [7, 11) is 3.62. The number of aliphatic hydroxyl groups is 1.